The van der Waals surface area contributed by atoms with Crippen LogP contribution in [0.15, 0.2) is 53.0 Å². The van der Waals surface area contributed by atoms with Crippen molar-refractivity contribution in [2.75, 3.05) is 17.2 Å². The predicted octanol–water partition coefficient (Wildman–Crippen LogP) is 3.70. The molecule has 0 saturated heterocycles. The number of anilines is 2. The lowest BCUT2D eigenvalue weighted by atomic mass is 10.1. The van der Waals surface area contributed by atoms with Gasteiger partial charge in [-0.3, -0.25) is 4.79 Å². The van der Waals surface area contributed by atoms with Gasteiger partial charge in [-0.15, -0.1) is 0 Å². The number of nitrogens with two attached hydrogens (primary N) is 1. The molecule has 0 aliphatic carbocycles. The van der Waals surface area contributed by atoms with Crippen LogP contribution >= 0.6 is 15.9 Å². The highest BCUT2D eigenvalue weighted by atomic mass is 79.9. The third-order valence-electron chi connectivity index (χ3n) is 2.87. The van der Waals surface area contributed by atoms with E-state index in [1.807, 2.05) is 43.3 Å². The number of benzene rings is 2. The summed E-state index contributed by atoms with van der Waals surface area (Å²) in [6, 6.07) is 14.7. The molecule has 0 atom stereocenters. The first-order chi connectivity index (χ1) is 9.13. The van der Waals surface area contributed by atoms with Crippen LogP contribution in [0.25, 0.3) is 0 Å². The number of halogens is 1. The van der Waals surface area contributed by atoms with Gasteiger partial charge in [-0.05, 0) is 59.3 Å². The molecule has 0 radical (unpaired) electrons. The van der Waals surface area contributed by atoms with Crippen LogP contribution in [0.4, 0.5) is 11.4 Å². The molecule has 19 heavy (non-hydrogen) atoms. The van der Waals surface area contributed by atoms with Crippen molar-refractivity contribution in [3.63, 3.8) is 0 Å². The fourth-order valence-corrected chi connectivity index (χ4v) is 2.33. The monoisotopic (exact) mass is 318 g/mol. The van der Waals surface area contributed by atoms with Gasteiger partial charge in [0.1, 0.15) is 0 Å². The van der Waals surface area contributed by atoms with Crippen LogP contribution in [0.1, 0.15) is 17.3 Å². The minimum Gasteiger partial charge on any atom is -0.399 e. The average Bonchev–Trinajstić information content (AvgIpc) is 2.42. The normalized spacial score (nSPS) is 10.2. The second-order valence-electron chi connectivity index (χ2n) is 4.12. The Morgan fingerprint density at radius 2 is 1.79 bits per heavy atom. The standard InChI is InChI=1S/C15H15BrN2O/c1-2-18(12-9-7-11(17)8-10-12)15(19)13-5-3-4-6-14(13)16/h3-10H,2,17H2,1H3. The summed E-state index contributed by atoms with van der Waals surface area (Å²) in [7, 11) is 0. The molecule has 0 aromatic heterocycles. The molecule has 2 N–H and O–H groups in total. The fourth-order valence-electron chi connectivity index (χ4n) is 1.88. The third kappa shape index (κ3) is 2.96. The smallest absolute Gasteiger partial charge is 0.259 e. The maximum absolute atomic E-state index is 12.5. The first kappa shape index (κ1) is 13.6. The van der Waals surface area contributed by atoms with Gasteiger partial charge < -0.3 is 10.6 Å². The molecule has 4 heteroatoms. The van der Waals surface area contributed by atoms with E-state index in [0.717, 1.165) is 10.2 Å². The van der Waals surface area contributed by atoms with Crippen molar-refractivity contribution >= 4 is 33.2 Å². The molecule has 0 aliphatic rings. The molecule has 2 rings (SSSR count). The lowest BCUT2D eigenvalue weighted by Gasteiger charge is -2.21. The van der Waals surface area contributed by atoms with E-state index in [4.69, 9.17) is 5.73 Å². The maximum Gasteiger partial charge on any atom is 0.259 e. The molecule has 2 aromatic carbocycles. The first-order valence-corrected chi connectivity index (χ1v) is 6.84. The molecule has 0 bridgehead atoms. The number of rotatable bonds is 3. The van der Waals surface area contributed by atoms with E-state index in [1.165, 1.54) is 0 Å². The van der Waals surface area contributed by atoms with Crippen molar-refractivity contribution < 1.29 is 4.79 Å². The molecule has 0 fully saturated rings. The molecular formula is C15H15BrN2O. The lowest BCUT2D eigenvalue weighted by Crippen LogP contribution is -2.30. The van der Waals surface area contributed by atoms with Crippen molar-refractivity contribution in [2.45, 2.75) is 6.92 Å². The average molecular weight is 319 g/mol. The van der Waals surface area contributed by atoms with E-state index in [0.29, 0.717) is 17.8 Å². The van der Waals surface area contributed by atoms with Crippen LogP contribution in [0.2, 0.25) is 0 Å². The third-order valence-corrected chi connectivity index (χ3v) is 3.56. The minimum atomic E-state index is -0.0280. The Hall–Kier alpha value is -1.81. The molecule has 0 heterocycles. The molecule has 0 spiro atoms. The minimum absolute atomic E-state index is 0.0280. The van der Waals surface area contributed by atoms with E-state index >= 15 is 0 Å². The zero-order valence-corrected chi connectivity index (χ0v) is 12.2. The Bertz CT molecular complexity index is 581. The summed E-state index contributed by atoms with van der Waals surface area (Å²) >= 11 is 3.41. The molecule has 1 amide bonds. The molecule has 0 saturated carbocycles. The molecule has 3 nitrogen and oxygen atoms in total. The fraction of sp³-hybridized carbons (Fsp3) is 0.133. The molecule has 2 aromatic rings. The van der Waals surface area contributed by atoms with Crippen molar-refractivity contribution in [3.05, 3.63) is 58.6 Å². The number of amides is 1. The summed E-state index contributed by atoms with van der Waals surface area (Å²) in [4.78, 5) is 14.3. The Morgan fingerprint density at radius 3 is 2.37 bits per heavy atom. The zero-order chi connectivity index (χ0) is 13.8. The van der Waals surface area contributed by atoms with Gasteiger partial charge in [0.15, 0.2) is 0 Å². The number of nitrogens with zero attached hydrogens (tertiary/aromatic N) is 1. The van der Waals surface area contributed by atoms with Crippen LogP contribution in [0, 0.1) is 0 Å². The van der Waals surface area contributed by atoms with E-state index in [2.05, 4.69) is 15.9 Å². The number of hydrogen-bond acceptors (Lipinski definition) is 2. The number of hydrogen-bond donors (Lipinski definition) is 1. The highest BCUT2D eigenvalue weighted by molar-refractivity contribution is 9.10. The lowest BCUT2D eigenvalue weighted by molar-refractivity contribution is 0.0987. The number of carbonyl (C=O) groups excluding carboxylic acids is 1. The van der Waals surface area contributed by atoms with Crippen molar-refractivity contribution in [1.82, 2.24) is 0 Å². The molecular weight excluding hydrogens is 304 g/mol. The van der Waals surface area contributed by atoms with E-state index in [9.17, 15) is 4.79 Å². The summed E-state index contributed by atoms with van der Waals surface area (Å²) in [5, 5.41) is 0. The van der Waals surface area contributed by atoms with Gasteiger partial charge in [-0.25, -0.2) is 0 Å². The van der Waals surface area contributed by atoms with Crippen LogP contribution in [-0.2, 0) is 0 Å². The largest absolute Gasteiger partial charge is 0.399 e. The van der Waals surface area contributed by atoms with Crippen molar-refractivity contribution in [1.29, 1.82) is 0 Å². The van der Waals surface area contributed by atoms with Gasteiger partial charge in [0.2, 0.25) is 0 Å². The topological polar surface area (TPSA) is 46.3 Å². The Morgan fingerprint density at radius 1 is 1.16 bits per heavy atom. The van der Waals surface area contributed by atoms with Gasteiger partial charge in [-0.2, -0.15) is 0 Å². The highest BCUT2D eigenvalue weighted by Gasteiger charge is 2.17. The van der Waals surface area contributed by atoms with E-state index < -0.39 is 0 Å². The molecule has 0 unspecified atom stereocenters. The summed E-state index contributed by atoms with van der Waals surface area (Å²) in [6.07, 6.45) is 0. The highest BCUT2D eigenvalue weighted by Crippen LogP contribution is 2.22. The van der Waals surface area contributed by atoms with E-state index in [-0.39, 0.29) is 5.91 Å². The molecule has 98 valence electrons. The number of carbonyl (C=O) groups is 1. The van der Waals surface area contributed by atoms with Crippen LogP contribution in [0.3, 0.4) is 0 Å². The van der Waals surface area contributed by atoms with Crippen LogP contribution in [-0.4, -0.2) is 12.5 Å². The Labute approximate surface area is 121 Å². The quantitative estimate of drug-likeness (QED) is 0.877. The SMILES string of the molecule is CCN(C(=O)c1ccccc1Br)c1ccc(N)cc1. The predicted molar refractivity (Wildman–Crippen MR) is 82.3 cm³/mol. The van der Waals surface area contributed by atoms with Gasteiger partial charge in [-0.1, -0.05) is 12.1 Å². The van der Waals surface area contributed by atoms with Gasteiger partial charge in [0.25, 0.3) is 5.91 Å². The summed E-state index contributed by atoms with van der Waals surface area (Å²) in [6.45, 7) is 2.55. The number of nitrogen functional groups attached to an aromatic ring is 1. The van der Waals surface area contributed by atoms with Crippen molar-refractivity contribution in [2.24, 2.45) is 0 Å². The van der Waals surface area contributed by atoms with Gasteiger partial charge >= 0.3 is 0 Å². The summed E-state index contributed by atoms with van der Waals surface area (Å²) in [5.74, 6) is -0.0280. The zero-order valence-electron chi connectivity index (χ0n) is 10.6. The van der Waals surface area contributed by atoms with Gasteiger partial charge in [0, 0.05) is 22.4 Å². The van der Waals surface area contributed by atoms with Crippen LogP contribution in [0.5, 0.6) is 0 Å². The van der Waals surface area contributed by atoms with E-state index in [1.54, 1.807) is 17.0 Å². The maximum atomic E-state index is 12.5. The van der Waals surface area contributed by atoms with Crippen LogP contribution < -0.4 is 10.6 Å². The van der Waals surface area contributed by atoms with Crippen molar-refractivity contribution in [3.8, 4) is 0 Å². The Kier molecular flexibility index (Phi) is 4.22. The Balaban J connectivity index is 2.35. The second-order valence-corrected chi connectivity index (χ2v) is 4.98. The molecule has 0 aliphatic heterocycles. The summed E-state index contributed by atoms with van der Waals surface area (Å²) < 4.78 is 0.800. The summed E-state index contributed by atoms with van der Waals surface area (Å²) in [5.41, 5.74) is 7.86. The second kappa shape index (κ2) is 5.89. The van der Waals surface area contributed by atoms with Gasteiger partial charge in [0.05, 0.1) is 5.56 Å². The first-order valence-electron chi connectivity index (χ1n) is 6.05.